The summed E-state index contributed by atoms with van der Waals surface area (Å²) in [4.78, 5) is 17.5. The Hall–Kier alpha value is -1.42. The predicted molar refractivity (Wildman–Crippen MR) is 57.0 cm³/mol. The number of amides is 1. The van der Waals surface area contributed by atoms with Crippen molar-refractivity contribution < 1.29 is 4.79 Å². The summed E-state index contributed by atoms with van der Waals surface area (Å²) in [5.74, 6) is 0.0515. The van der Waals surface area contributed by atoms with Crippen LogP contribution in [0.4, 0.5) is 0 Å². The molecule has 0 radical (unpaired) electrons. The number of likely N-dealkylation sites (tertiary alicyclic amines) is 1. The Labute approximate surface area is 89.1 Å². The summed E-state index contributed by atoms with van der Waals surface area (Å²) in [6.07, 6.45) is 2.57. The highest BCUT2D eigenvalue weighted by atomic mass is 16.2. The third-order valence-electron chi connectivity index (χ3n) is 2.68. The molecule has 1 aliphatic heterocycles. The van der Waals surface area contributed by atoms with Crippen LogP contribution in [0.15, 0.2) is 18.3 Å². The summed E-state index contributed by atoms with van der Waals surface area (Å²) in [5.41, 5.74) is 7.69. The van der Waals surface area contributed by atoms with Gasteiger partial charge in [-0.15, -0.1) is 0 Å². The van der Waals surface area contributed by atoms with Crippen molar-refractivity contribution >= 4 is 5.91 Å². The number of carbonyl (C=O) groups is 1. The molecule has 0 aromatic carbocycles. The highest BCUT2D eigenvalue weighted by Crippen LogP contribution is 2.13. The molecule has 2 rings (SSSR count). The number of nitrogens with two attached hydrogens (primary N) is 1. The number of hydrogen-bond donors (Lipinski definition) is 1. The van der Waals surface area contributed by atoms with Crippen LogP contribution in [0.5, 0.6) is 0 Å². The van der Waals surface area contributed by atoms with Gasteiger partial charge in [-0.05, 0) is 25.0 Å². The summed E-state index contributed by atoms with van der Waals surface area (Å²) >= 11 is 0. The van der Waals surface area contributed by atoms with E-state index in [0.717, 1.165) is 24.2 Å². The molecule has 2 N–H and O–H groups in total. The molecule has 1 aromatic rings. The molecule has 1 amide bonds. The van der Waals surface area contributed by atoms with E-state index < -0.39 is 0 Å². The number of aromatic nitrogens is 1. The molecule has 2 heterocycles. The molecule has 1 fully saturated rings. The van der Waals surface area contributed by atoms with Crippen LogP contribution in [0, 0.1) is 6.92 Å². The van der Waals surface area contributed by atoms with E-state index in [1.165, 1.54) is 0 Å². The van der Waals surface area contributed by atoms with Gasteiger partial charge in [0.25, 0.3) is 0 Å². The zero-order valence-electron chi connectivity index (χ0n) is 8.81. The molecule has 4 heteroatoms. The number of nitrogens with zero attached hydrogens (tertiary/aromatic N) is 2. The van der Waals surface area contributed by atoms with Gasteiger partial charge in [0.05, 0.1) is 6.04 Å². The van der Waals surface area contributed by atoms with Crippen molar-refractivity contribution in [2.75, 3.05) is 6.54 Å². The van der Waals surface area contributed by atoms with Crippen LogP contribution in [0.3, 0.4) is 0 Å². The average molecular weight is 205 g/mol. The molecule has 15 heavy (non-hydrogen) atoms. The quantitative estimate of drug-likeness (QED) is 0.762. The topological polar surface area (TPSA) is 59.2 Å². The monoisotopic (exact) mass is 205 g/mol. The van der Waals surface area contributed by atoms with Crippen molar-refractivity contribution in [3.8, 4) is 0 Å². The van der Waals surface area contributed by atoms with Crippen LogP contribution in [0.2, 0.25) is 0 Å². The van der Waals surface area contributed by atoms with Gasteiger partial charge in [0.15, 0.2) is 0 Å². The van der Waals surface area contributed by atoms with E-state index in [2.05, 4.69) is 4.98 Å². The Morgan fingerprint density at radius 3 is 2.93 bits per heavy atom. The van der Waals surface area contributed by atoms with Gasteiger partial charge in [-0.3, -0.25) is 9.78 Å². The van der Waals surface area contributed by atoms with Crippen LogP contribution >= 0.6 is 0 Å². The normalized spacial score (nSPS) is 21.1. The van der Waals surface area contributed by atoms with Gasteiger partial charge in [-0.2, -0.15) is 0 Å². The minimum atomic E-state index is -0.302. The molecule has 80 valence electrons. The Balaban J connectivity index is 2.03. The summed E-state index contributed by atoms with van der Waals surface area (Å²) in [7, 11) is 0. The van der Waals surface area contributed by atoms with E-state index in [1.807, 2.05) is 25.3 Å². The summed E-state index contributed by atoms with van der Waals surface area (Å²) < 4.78 is 0. The predicted octanol–water partition coefficient (Wildman–Crippen LogP) is 0.450. The molecule has 4 nitrogen and oxygen atoms in total. The van der Waals surface area contributed by atoms with Crippen molar-refractivity contribution in [1.82, 2.24) is 9.88 Å². The average Bonchev–Trinajstić information content (AvgIpc) is 2.53. The molecule has 0 aliphatic carbocycles. The third kappa shape index (κ3) is 2.15. The minimum Gasteiger partial charge on any atom is -0.337 e. The van der Waals surface area contributed by atoms with E-state index >= 15 is 0 Å². The maximum absolute atomic E-state index is 11.6. The fourth-order valence-corrected chi connectivity index (χ4v) is 1.73. The maximum atomic E-state index is 11.6. The van der Waals surface area contributed by atoms with E-state index in [-0.39, 0.29) is 11.9 Å². The second-order valence-electron chi connectivity index (χ2n) is 3.96. The highest BCUT2D eigenvalue weighted by molar-refractivity contribution is 5.83. The lowest BCUT2D eigenvalue weighted by atomic mass is 10.2. The summed E-state index contributed by atoms with van der Waals surface area (Å²) in [6, 6.07) is 3.65. The number of hydrogen-bond acceptors (Lipinski definition) is 3. The molecule has 0 saturated carbocycles. The van der Waals surface area contributed by atoms with Crippen molar-refractivity contribution in [3.05, 3.63) is 29.6 Å². The van der Waals surface area contributed by atoms with Crippen molar-refractivity contribution in [1.29, 1.82) is 0 Å². The van der Waals surface area contributed by atoms with Crippen molar-refractivity contribution in [2.24, 2.45) is 5.73 Å². The summed E-state index contributed by atoms with van der Waals surface area (Å²) in [6.45, 7) is 3.33. The molecular formula is C11H15N3O. The van der Waals surface area contributed by atoms with Crippen molar-refractivity contribution in [2.45, 2.75) is 25.9 Å². The Kier molecular flexibility index (Phi) is 2.68. The molecule has 0 spiro atoms. The van der Waals surface area contributed by atoms with Crippen molar-refractivity contribution in [3.63, 3.8) is 0 Å². The van der Waals surface area contributed by atoms with Gasteiger partial charge in [0.2, 0.25) is 5.91 Å². The molecule has 1 aliphatic rings. The fraction of sp³-hybridized carbons (Fsp3) is 0.455. The first-order chi connectivity index (χ1) is 7.16. The lowest BCUT2D eigenvalue weighted by molar-refractivity contribution is -0.129. The van der Waals surface area contributed by atoms with Gasteiger partial charge in [0.1, 0.15) is 0 Å². The number of carbonyl (C=O) groups excluding carboxylic acids is 1. The zero-order chi connectivity index (χ0) is 10.8. The van der Waals surface area contributed by atoms with E-state index in [1.54, 1.807) is 4.90 Å². The molecule has 1 atom stereocenters. The van der Waals surface area contributed by atoms with Crippen LogP contribution in [-0.4, -0.2) is 28.4 Å². The van der Waals surface area contributed by atoms with Gasteiger partial charge in [-0.25, -0.2) is 0 Å². The Bertz CT molecular complexity index is 361. The first-order valence-electron chi connectivity index (χ1n) is 5.13. The fourth-order valence-electron chi connectivity index (χ4n) is 1.73. The third-order valence-corrected chi connectivity index (χ3v) is 2.68. The van der Waals surface area contributed by atoms with E-state index in [9.17, 15) is 4.79 Å². The largest absolute Gasteiger partial charge is 0.337 e. The maximum Gasteiger partial charge on any atom is 0.239 e. The van der Waals surface area contributed by atoms with Gasteiger partial charge in [0, 0.05) is 25.0 Å². The second-order valence-corrected chi connectivity index (χ2v) is 3.96. The number of aryl methyl sites for hydroxylation is 1. The first-order valence-corrected chi connectivity index (χ1v) is 5.13. The molecule has 1 saturated heterocycles. The van der Waals surface area contributed by atoms with Gasteiger partial charge < -0.3 is 10.6 Å². The highest BCUT2D eigenvalue weighted by Gasteiger charge is 2.28. The standard InChI is InChI=1S/C11H15N3O/c1-8-2-3-9(6-13-8)7-14-5-4-10(12)11(14)15/h2-3,6,10H,4-5,7,12H2,1H3. The molecule has 0 bridgehead atoms. The Morgan fingerprint density at radius 1 is 1.60 bits per heavy atom. The van der Waals surface area contributed by atoms with Crippen LogP contribution < -0.4 is 5.73 Å². The van der Waals surface area contributed by atoms with Crippen LogP contribution in [0.25, 0.3) is 0 Å². The first kappa shape index (κ1) is 10.1. The van der Waals surface area contributed by atoms with Gasteiger partial charge >= 0.3 is 0 Å². The molecular weight excluding hydrogens is 190 g/mol. The molecule has 1 aromatic heterocycles. The lowest BCUT2D eigenvalue weighted by Gasteiger charge is -2.15. The van der Waals surface area contributed by atoms with E-state index in [0.29, 0.717) is 6.54 Å². The van der Waals surface area contributed by atoms with E-state index in [4.69, 9.17) is 5.73 Å². The van der Waals surface area contributed by atoms with Crippen LogP contribution in [0.1, 0.15) is 17.7 Å². The summed E-state index contributed by atoms with van der Waals surface area (Å²) in [5, 5.41) is 0. The second kappa shape index (κ2) is 3.98. The Morgan fingerprint density at radius 2 is 2.40 bits per heavy atom. The zero-order valence-corrected chi connectivity index (χ0v) is 8.81. The molecule has 1 unspecified atom stereocenters. The number of rotatable bonds is 2. The van der Waals surface area contributed by atoms with Gasteiger partial charge in [-0.1, -0.05) is 6.07 Å². The lowest BCUT2D eigenvalue weighted by Crippen LogP contribution is -2.33. The number of pyridine rings is 1. The van der Waals surface area contributed by atoms with Crippen LogP contribution in [-0.2, 0) is 11.3 Å². The smallest absolute Gasteiger partial charge is 0.239 e. The minimum absolute atomic E-state index is 0.0515. The SMILES string of the molecule is Cc1ccc(CN2CCC(N)C2=O)cn1.